The summed E-state index contributed by atoms with van der Waals surface area (Å²) >= 11 is 6.42. The van der Waals surface area contributed by atoms with Gasteiger partial charge in [-0.25, -0.2) is 0 Å². The molecule has 0 spiro atoms. The van der Waals surface area contributed by atoms with Crippen molar-refractivity contribution >= 4 is 29.0 Å². The highest BCUT2D eigenvalue weighted by molar-refractivity contribution is 7.78. The molecule has 88 valence electrons. The monoisotopic (exact) mass is 263 g/mol. The van der Waals surface area contributed by atoms with Crippen LogP contribution in [0.3, 0.4) is 0 Å². The van der Waals surface area contributed by atoms with Crippen molar-refractivity contribution in [1.29, 1.82) is 0 Å². The lowest BCUT2D eigenvalue weighted by Crippen LogP contribution is -2.06. The van der Waals surface area contributed by atoms with Crippen LogP contribution in [0.25, 0.3) is 0 Å². The van der Waals surface area contributed by atoms with Crippen molar-refractivity contribution in [3.8, 4) is 5.75 Å². The maximum absolute atomic E-state index is 9.69. The second kappa shape index (κ2) is 5.80. The zero-order valence-electron chi connectivity index (χ0n) is 9.22. The number of phenols is 1. The molecule has 0 amide bonds. The number of para-hydroxylation sites is 1. The fourth-order valence-electron chi connectivity index (χ4n) is 1.63. The number of rotatable bonds is 5. The van der Waals surface area contributed by atoms with Gasteiger partial charge in [0.25, 0.3) is 0 Å². The highest BCUT2D eigenvalue weighted by Crippen LogP contribution is 2.22. The first-order chi connectivity index (χ1) is 8.29. The zero-order chi connectivity index (χ0) is 12.1. The van der Waals surface area contributed by atoms with Crippen LogP contribution in [0.15, 0.2) is 35.7 Å². The van der Waals surface area contributed by atoms with E-state index in [9.17, 15) is 5.11 Å². The number of thiophene rings is 1. The van der Waals surface area contributed by atoms with E-state index in [2.05, 4.69) is 16.8 Å². The Morgan fingerprint density at radius 2 is 2.18 bits per heavy atom. The van der Waals surface area contributed by atoms with Gasteiger partial charge >= 0.3 is 0 Å². The van der Waals surface area contributed by atoms with Gasteiger partial charge in [-0.05, 0) is 28.6 Å². The van der Waals surface area contributed by atoms with E-state index >= 15 is 0 Å². The van der Waals surface area contributed by atoms with Gasteiger partial charge in [0.15, 0.2) is 0 Å². The van der Waals surface area contributed by atoms with Crippen molar-refractivity contribution in [2.45, 2.75) is 13.0 Å². The molecule has 1 aromatic heterocycles. The summed E-state index contributed by atoms with van der Waals surface area (Å²) in [7, 11) is 0. The van der Waals surface area contributed by atoms with Gasteiger partial charge in [0.1, 0.15) is 5.75 Å². The second-order valence-electron chi connectivity index (χ2n) is 3.73. The summed E-state index contributed by atoms with van der Waals surface area (Å²) in [6, 6.07) is 9.58. The molecule has 0 fully saturated rings. The maximum Gasteiger partial charge on any atom is 0.119 e. The van der Waals surface area contributed by atoms with E-state index in [1.165, 1.54) is 15.9 Å². The minimum Gasteiger partial charge on any atom is -0.508 e. The molecule has 0 radical (unpaired) electrons. The summed E-state index contributed by atoms with van der Waals surface area (Å²) in [6.45, 7) is 0.773. The molecule has 2 nitrogen and oxygen atoms in total. The highest BCUT2D eigenvalue weighted by atomic mass is 32.1. The third-order valence-corrected chi connectivity index (χ3v) is 3.61. The molecule has 2 N–H and O–H groups in total. The number of hydrogen-bond donors (Lipinski definition) is 2. The largest absolute Gasteiger partial charge is 0.508 e. The molecular weight excluding hydrogens is 250 g/mol. The zero-order valence-corrected chi connectivity index (χ0v) is 10.9. The molecular formula is C13H13NOS2. The van der Waals surface area contributed by atoms with Gasteiger partial charge in [-0.2, -0.15) is 0 Å². The van der Waals surface area contributed by atoms with E-state index in [1.54, 1.807) is 17.4 Å². The van der Waals surface area contributed by atoms with Gasteiger partial charge in [0, 0.05) is 17.8 Å². The number of thiocarbonyl (C=S) groups is 1. The average molecular weight is 263 g/mol. The highest BCUT2D eigenvalue weighted by Gasteiger charge is 2.04. The average Bonchev–Trinajstić information content (AvgIpc) is 2.77. The van der Waals surface area contributed by atoms with Gasteiger partial charge in [0.2, 0.25) is 0 Å². The first-order valence-electron chi connectivity index (χ1n) is 5.30. The van der Waals surface area contributed by atoms with Crippen molar-refractivity contribution in [1.82, 2.24) is 5.32 Å². The molecule has 0 bridgehead atoms. The first-order valence-corrected chi connectivity index (χ1v) is 6.65. The van der Waals surface area contributed by atoms with Gasteiger partial charge in [-0.3, -0.25) is 0 Å². The normalized spacial score (nSPS) is 10.1. The van der Waals surface area contributed by atoms with Gasteiger partial charge in [-0.1, -0.05) is 30.4 Å². The van der Waals surface area contributed by atoms with Crippen LogP contribution in [0.2, 0.25) is 0 Å². The number of hydrogen-bond acceptors (Lipinski definition) is 3. The molecule has 0 unspecified atom stereocenters. The van der Waals surface area contributed by atoms with Gasteiger partial charge in [0.05, 0.1) is 5.49 Å². The van der Waals surface area contributed by atoms with Crippen molar-refractivity contribution in [2.75, 3.05) is 0 Å². The third kappa shape index (κ3) is 3.28. The summed E-state index contributed by atoms with van der Waals surface area (Å²) in [4.78, 5) is 1.25. The topological polar surface area (TPSA) is 32.3 Å². The molecule has 0 atom stereocenters. The van der Waals surface area contributed by atoms with Crippen LogP contribution in [0, 0.1) is 0 Å². The molecule has 0 aliphatic rings. The van der Waals surface area contributed by atoms with Crippen LogP contribution in [0.5, 0.6) is 5.75 Å². The van der Waals surface area contributed by atoms with Crippen LogP contribution in [0.4, 0.5) is 0 Å². The second-order valence-corrected chi connectivity index (χ2v) is 4.96. The molecule has 4 heteroatoms. The SMILES string of the molecule is Oc1ccccc1Cc1csc(CNC=S)c1. The van der Waals surface area contributed by atoms with Crippen LogP contribution in [-0.4, -0.2) is 10.6 Å². The van der Waals surface area contributed by atoms with Crippen molar-refractivity contribution in [2.24, 2.45) is 0 Å². The smallest absolute Gasteiger partial charge is 0.119 e. The number of phenolic OH excluding ortho intramolecular Hbond substituents is 1. The quantitative estimate of drug-likeness (QED) is 0.813. The molecule has 2 rings (SSSR count). The Morgan fingerprint density at radius 1 is 1.35 bits per heavy atom. The van der Waals surface area contributed by atoms with Crippen LogP contribution in [0.1, 0.15) is 16.0 Å². The predicted molar refractivity (Wildman–Crippen MR) is 75.7 cm³/mol. The first kappa shape index (κ1) is 12.1. The van der Waals surface area contributed by atoms with Crippen molar-refractivity contribution in [3.05, 3.63) is 51.7 Å². The maximum atomic E-state index is 9.69. The molecule has 0 aliphatic heterocycles. The Balaban J connectivity index is 2.06. The predicted octanol–water partition coefficient (Wildman–Crippen LogP) is 3.09. The minimum absolute atomic E-state index is 0.359. The molecule has 2 aromatic rings. The Kier molecular flexibility index (Phi) is 4.12. The van der Waals surface area contributed by atoms with E-state index in [0.717, 1.165) is 18.5 Å². The number of aromatic hydroxyl groups is 1. The van der Waals surface area contributed by atoms with Crippen LogP contribution < -0.4 is 5.32 Å². The molecule has 0 saturated heterocycles. The lowest BCUT2D eigenvalue weighted by molar-refractivity contribution is 0.469. The van der Waals surface area contributed by atoms with Crippen LogP contribution >= 0.6 is 23.6 Å². The Labute approximate surface area is 110 Å². The molecule has 0 saturated carbocycles. The van der Waals surface area contributed by atoms with Crippen molar-refractivity contribution in [3.63, 3.8) is 0 Å². The van der Waals surface area contributed by atoms with Gasteiger partial charge in [-0.15, -0.1) is 11.3 Å². The Morgan fingerprint density at radius 3 is 2.94 bits per heavy atom. The Bertz CT molecular complexity index is 508. The van der Waals surface area contributed by atoms with E-state index in [1.807, 2.05) is 18.2 Å². The van der Waals surface area contributed by atoms with Gasteiger partial charge < -0.3 is 10.4 Å². The summed E-state index contributed by atoms with van der Waals surface area (Å²) in [6.07, 6.45) is 0.765. The van der Waals surface area contributed by atoms with Crippen molar-refractivity contribution < 1.29 is 5.11 Å². The molecule has 0 aliphatic carbocycles. The fourth-order valence-corrected chi connectivity index (χ4v) is 2.56. The molecule has 17 heavy (non-hydrogen) atoms. The Hall–Kier alpha value is -1.39. The standard InChI is InChI=1S/C13H13NOS2/c15-13-4-2-1-3-11(13)5-10-6-12(17-8-10)7-14-9-16/h1-4,6,8-9,15H,5,7H2,(H,14,16). The number of nitrogens with one attached hydrogen (secondary N) is 1. The summed E-state index contributed by atoms with van der Waals surface area (Å²) in [5.41, 5.74) is 3.71. The third-order valence-electron chi connectivity index (χ3n) is 2.45. The lowest BCUT2D eigenvalue weighted by Gasteiger charge is -2.01. The summed E-state index contributed by atoms with van der Waals surface area (Å²) < 4.78 is 0. The van der Waals surface area contributed by atoms with E-state index in [-0.39, 0.29) is 0 Å². The van der Waals surface area contributed by atoms with E-state index in [4.69, 9.17) is 12.2 Å². The van der Waals surface area contributed by atoms with Crippen LogP contribution in [-0.2, 0) is 13.0 Å². The fraction of sp³-hybridized carbons (Fsp3) is 0.154. The minimum atomic E-state index is 0.359. The summed E-state index contributed by atoms with van der Waals surface area (Å²) in [5, 5.41) is 14.8. The summed E-state index contributed by atoms with van der Waals surface area (Å²) in [5.74, 6) is 0.359. The lowest BCUT2D eigenvalue weighted by atomic mass is 10.1. The molecule has 1 aromatic carbocycles. The van der Waals surface area contributed by atoms with E-state index < -0.39 is 0 Å². The van der Waals surface area contributed by atoms with E-state index in [0.29, 0.717) is 5.75 Å². The number of benzene rings is 1. The molecule has 1 heterocycles.